The summed E-state index contributed by atoms with van der Waals surface area (Å²) in [4.78, 5) is 2.70. The molecule has 0 amide bonds. The van der Waals surface area contributed by atoms with Crippen LogP contribution in [-0.4, -0.2) is 43.3 Å². The van der Waals surface area contributed by atoms with Crippen LogP contribution in [-0.2, 0) is 4.74 Å². The number of hydrogen-bond donors (Lipinski definition) is 1. The molecule has 3 heteroatoms. The lowest BCUT2D eigenvalue weighted by molar-refractivity contribution is -0.0777. The molecule has 0 aromatic heterocycles. The van der Waals surface area contributed by atoms with Crippen LogP contribution in [0.1, 0.15) is 59.8 Å². The molecular formula is C18H36N2O. The number of hydrogen-bond acceptors (Lipinski definition) is 3. The van der Waals surface area contributed by atoms with Gasteiger partial charge in [0.15, 0.2) is 0 Å². The Morgan fingerprint density at radius 1 is 1.29 bits per heavy atom. The van der Waals surface area contributed by atoms with E-state index in [1.165, 1.54) is 38.6 Å². The lowest BCUT2D eigenvalue weighted by Crippen LogP contribution is -2.56. The van der Waals surface area contributed by atoms with Gasteiger partial charge in [0.05, 0.1) is 5.60 Å². The van der Waals surface area contributed by atoms with E-state index in [1.807, 2.05) is 7.11 Å². The molecule has 0 spiro atoms. The molecule has 1 aliphatic carbocycles. The van der Waals surface area contributed by atoms with Gasteiger partial charge in [-0.05, 0) is 69.4 Å². The molecule has 0 aromatic rings. The number of rotatable bonds is 3. The average molecular weight is 296 g/mol. The van der Waals surface area contributed by atoms with Crippen LogP contribution in [0.3, 0.4) is 0 Å². The third kappa shape index (κ3) is 4.00. The summed E-state index contributed by atoms with van der Waals surface area (Å²) in [5.41, 5.74) is 6.55. The first-order chi connectivity index (χ1) is 9.79. The molecule has 1 saturated heterocycles. The summed E-state index contributed by atoms with van der Waals surface area (Å²) >= 11 is 0. The Morgan fingerprint density at radius 2 is 2.00 bits per heavy atom. The molecule has 3 nitrogen and oxygen atoms in total. The minimum Gasteiger partial charge on any atom is -0.377 e. The van der Waals surface area contributed by atoms with Crippen molar-refractivity contribution in [3.63, 3.8) is 0 Å². The Balaban J connectivity index is 2.10. The Bertz CT molecular complexity index is 339. The molecule has 2 rings (SSSR count). The standard InChI is InChI=1S/C18H36N2O/c1-17(2,3)15-8-7-14(12-19)16(11-15)20-10-6-9-18(4,13-20)21-5/h14-16H,6-13,19H2,1-5H3. The smallest absolute Gasteiger partial charge is 0.0777 e. The van der Waals surface area contributed by atoms with Crippen molar-refractivity contribution in [3.05, 3.63) is 0 Å². The molecule has 2 fully saturated rings. The molecule has 21 heavy (non-hydrogen) atoms. The van der Waals surface area contributed by atoms with E-state index in [-0.39, 0.29) is 5.60 Å². The molecule has 1 heterocycles. The van der Waals surface area contributed by atoms with Gasteiger partial charge in [0.25, 0.3) is 0 Å². The second-order valence-electron chi connectivity index (χ2n) is 8.67. The van der Waals surface area contributed by atoms with Crippen molar-refractivity contribution < 1.29 is 4.74 Å². The fraction of sp³-hybridized carbons (Fsp3) is 1.00. The summed E-state index contributed by atoms with van der Waals surface area (Å²) in [6, 6.07) is 0.655. The summed E-state index contributed by atoms with van der Waals surface area (Å²) in [7, 11) is 1.86. The zero-order valence-electron chi connectivity index (χ0n) is 14.8. The van der Waals surface area contributed by atoms with E-state index in [2.05, 4.69) is 32.6 Å². The van der Waals surface area contributed by atoms with Crippen molar-refractivity contribution in [2.24, 2.45) is 23.0 Å². The maximum atomic E-state index is 6.10. The van der Waals surface area contributed by atoms with E-state index < -0.39 is 0 Å². The average Bonchev–Trinajstić information content (AvgIpc) is 2.45. The van der Waals surface area contributed by atoms with Crippen LogP contribution >= 0.6 is 0 Å². The summed E-state index contributed by atoms with van der Waals surface area (Å²) in [5, 5.41) is 0. The number of nitrogens with zero attached hydrogens (tertiary/aromatic N) is 1. The van der Waals surface area contributed by atoms with Gasteiger partial charge in [0, 0.05) is 19.7 Å². The second kappa shape index (κ2) is 6.55. The molecule has 4 unspecified atom stereocenters. The molecule has 0 aromatic carbocycles. The minimum atomic E-state index is 0.0338. The Kier molecular flexibility index (Phi) is 5.38. The van der Waals surface area contributed by atoms with Crippen LogP contribution in [0.15, 0.2) is 0 Å². The molecule has 0 bridgehead atoms. The Morgan fingerprint density at radius 3 is 2.57 bits per heavy atom. The fourth-order valence-electron chi connectivity index (χ4n) is 4.41. The minimum absolute atomic E-state index is 0.0338. The van der Waals surface area contributed by atoms with E-state index in [1.54, 1.807) is 0 Å². The van der Waals surface area contributed by atoms with Crippen molar-refractivity contribution in [2.45, 2.75) is 71.4 Å². The monoisotopic (exact) mass is 296 g/mol. The quantitative estimate of drug-likeness (QED) is 0.868. The van der Waals surface area contributed by atoms with Gasteiger partial charge in [-0.15, -0.1) is 0 Å². The van der Waals surface area contributed by atoms with E-state index in [0.29, 0.717) is 17.4 Å². The normalized spacial score (nSPS) is 39.4. The number of ether oxygens (including phenoxy) is 1. The zero-order valence-corrected chi connectivity index (χ0v) is 14.8. The highest BCUT2D eigenvalue weighted by Crippen LogP contribution is 2.42. The van der Waals surface area contributed by atoms with Crippen molar-refractivity contribution in [1.82, 2.24) is 4.90 Å². The third-order valence-electron chi connectivity index (χ3n) is 6.13. The number of likely N-dealkylation sites (tertiary alicyclic amines) is 1. The third-order valence-corrected chi connectivity index (χ3v) is 6.13. The fourth-order valence-corrected chi connectivity index (χ4v) is 4.41. The largest absolute Gasteiger partial charge is 0.377 e. The molecule has 1 saturated carbocycles. The first-order valence-electron chi connectivity index (χ1n) is 8.78. The molecular weight excluding hydrogens is 260 g/mol. The topological polar surface area (TPSA) is 38.5 Å². The van der Waals surface area contributed by atoms with Gasteiger partial charge in [-0.25, -0.2) is 0 Å². The highest BCUT2D eigenvalue weighted by molar-refractivity contribution is 4.95. The van der Waals surface area contributed by atoms with E-state index in [0.717, 1.165) is 19.0 Å². The summed E-state index contributed by atoms with van der Waals surface area (Å²) in [5.74, 6) is 1.49. The van der Waals surface area contributed by atoms with Crippen LogP contribution in [0.2, 0.25) is 0 Å². The van der Waals surface area contributed by atoms with Gasteiger partial charge in [0.2, 0.25) is 0 Å². The maximum absolute atomic E-state index is 6.10. The number of nitrogens with two attached hydrogens (primary N) is 1. The van der Waals surface area contributed by atoms with Gasteiger partial charge >= 0.3 is 0 Å². The van der Waals surface area contributed by atoms with Gasteiger partial charge in [-0.2, -0.15) is 0 Å². The molecule has 0 radical (unpaired) electrons. The molecule has 2 aliphatic rings. The van der Waals surface area contributed by atoms with Gasteiger partial charge in [-0.1, -0.05) is 20.8 Å². The zero-order chi connectivity index (χ0) is 15.7. The molecule has 4 atom stereocenters. The van der Waals surface area contributed by atoms with Crippen LogP contribution in [0.5, 0.6) is 0 Å². The summed E-state index contributed by atoms with van der Waals surface area (Å²) < 4.78 is 5.79. The Labute approximate surface area is 131 Å². The van der Waals surface area contributed by atoms with Crippen molar-refractivity contribution in [2.75, 3.05) is 26.7 Å². The summed E-state index contributed by atoms with van der Waals surface area (Å²) in [6.07, 6.45) is 6.38. The van der Waals surface area contributed by atoms with Crippen LogP contribution in [0.25, 0.3) is 0 Å². The first-order valence-corrected chi connectivity index (χ1v) is 8.78. The second-order valence-corrected chi connectivity index (χ2v) is 8.67. The first kappa shape index (κ1) is 17.2. The maximum Gasteiger partial charge on any atom is 0.0777 e. The molecule has 1 aliphatic heterocycles. The Hall–Kier alpha value is -0.120. The highest BCUT2D eigenvalue weighted by Gasteiger charge is 2.41. The van der Waals surface area contributed by atoms with E-state index in [4.69, 9.17) is 10.5 Å². The number of methoxy groups -OCH3 is 1. The van der Waals surface area contributed by atoms with E-state index in [9.17, 15) is 0 Å². The van der Waals surface area contributed by atoms with Crippen LogP contribution in [0.4, 0.5) is 0 Å². The lowest BCUT2D eigenvalue weighted by Gasteiger charge is -2.50. The predicted molar refractivity (Wildman–Crippen MR) is 89.3 cm³/mol. The van der Waals surface area contributed by atoms with Crippen molar-refractivity contribution in [3.8, 4) is 0 Å². The number of piperidine rings is 1. The highest BCUT2D eigenvalue weighted by atomic mass is 16.5. The SMILES string of the molecule is COC1(C)CCCN(C2CC(C(C)(C)C)CCC2CN)C1. The van der Waals surface area contributed by atoms with Crippen LogP contribution in [0, 0.1) is 17.3 Å². The predicted octanol–water partition coefficient (Wildman–Crippen LogP) is 3.28. The summed E-state index contributed by atoms with van der Waals surface area (Å²) in [6.45, 7) is 12.6. The van der Waals surface area contributed by atoms with Gasteiger partial charge in [0.1, 0.15) is 0 Å². The van der Waals surface area contributed by atoms with Gasteiger partial charge < -0.3 is 10.5 Å². The molecule has 124 valence electrons. The van der Waals surface area contributed by atoms with Gasteiger partial charge in [-0.3, -0.25) is 4.90 Å². The van der Waals surface area contributed by atoms with Crippen molar-refractivity contribution >= 4 is 0 Å². The van der Waals surface area contributed by atoms with E-state index >= 15 is 0 Å². The lowest BCUT2D eigenvalue weighted by atomic mass is 9.67. The van der Waals surface area contributed by atoms with Crippen molar-refractivity contribution in [1.29, 1.82) is 0 Å². The molecule has 2 N–H and O–H groups in total. The van der Waals surface area contributed by atoms with Crippen LogP contribution < -0.4 is 5.73 Å².